The van der Waals surface area contributed by atoms with Crippen LogP contribution in [0.2, 0.25) is 0 Å². The summed E-state index contributed by atoms with van der Waals surface area (Å²) in [5.74, 6) is 1.26. The molecule has 0 atom stereocenters. The third-order valence-corrected chi connectivity index (χ3v) is 4.94. The van der Waals surface area contributed by atoms with E-state index >= 15 is 0 Å². The molecule has 3 amide bonds. The molecule has 6 nitrogen and oxygen atoms in total. The molecule has 130 valence electrons. The molecule has 6 heteroatoms. The smallest absolute Gasteiger partial charge is 0.322 e. The molecule has 1 saturated carbocycles. The molecule has 1 heterocycles. The summed E-state index contributed by atoms with van der Waals surface area (Å²) >= 11 is 0. The summed E-state index contributed by atoms with van der Waals surface area (Å²) in [6, 6.07) is 5.32. The van der Waals surface area contributed by atoms with E-state index in [2.05, 4.69) is 17.6 Å². The van der Waals surface area contributed by atoms with Crippen molar-refractivity contribution in [3.8, 4) is 5.75 Å². The summed E-state index contributed by atoms with van der Waals surface area (Å²) in [7, 11) is 1.57. The summed E-state index contributed by atoms with van der Waals surface area (Å²) < 4.78 is 5.35. The Morgan fingerprint density at radius 1 is 1.29 bits per heavy atom. The molecule has 3 rings (SSSR count). The molecular formula is C18H25N3O3. The maximum Gasteiger partial charge on any atom is 0.322 e. The van der Waals surface area contributed by atoms with Crippen molar-refractivity contribution in [1.82, 2.24) is 10.6 Å². The van der Waals surface area contributed by atoms with Gasteiger partial charge < -0.3 is 15.4 Å². The SMILES string of the molecule is COc1ccc(C(=O)NC2CCC(C)CC2)cc1N1CCNC1=O. The zero-order valence-electron chi connectivity index (χ0n) is 14.3. The Labute approximate surface area is 142 Å². The summed E-state index contributed by atoms with van der Waals surface area (Å²) in [6.45, 7) is 3.42. The third kappa shape index (κ3) is 3.47. The van der Waals surface area contributed by atoms with Gasteiger partial charge in [0.2, 0.25) is 0 Å². The van der Waals surface area contributed by atoms with Gasteiger partial charge in [0.1, 0.15) is 5.75 Å². The minimum atomic E-state index is -0.160. The Balaban J connectivity index is 1.75. The van der Waals surface area contributed by atoms with Gasteiger partial charge in [-0.25, -0.2) is 4.79 Å². The van der Waals surface area contributed by atoms with Gasteiger partial charge in [-0.2, -0.15) is 0 Å². The van der Waals surface area contributed by atoms with Crippen molar-refractivity contribution in [1.29, 1.82) is 0 Å². The Kier molecular flexibility index (Phi) is 4.92. The number of nitrogens with one attached hydrogen (secondary N) is 2. The number of ether oxygens (including phenoxy) is 1. The number of rotatable bonds is 4. The molecule has 2 fully saturated rings. The highest BCUT2D eigenvalue weighted by molar-refractivity contribution is 6.00. The van der Waals surface area contributed by atoms with Gasteiger partial charge in [-0.15, -0.1) is 0 Å². The van der Waals surface area contributed by atoms with Crippen LogP contribution in [0, 0.1) is 5.92 Å². The number of amides is 3. The summed E-state index contributed by atoms with van der Waals surface area (Å²) in [5.41, 5.74) is 1.20. The first-order chi connectivity index (χ1) is 11.6. The lowest BCUT2D eigenvalue weighted by Crippen LogP contribution is -2.37. The molecule has 0 radical (unpaired) electrons. The van der Waals surface area contributed by atoms with Crippen molar-refractivity contribution < 1.29 is 14.3 Å². The number of hydrogen-bond acceptors (Lipinski definition) is 3. The van der Waals surface area contributed by atoms with E-state index in [1.165, 1.54) is 0 Å². The average molecular weight is 331 g/mol. The summed E-state index contributed by atoms with van der Waals surface area (Å²) in [5, 5.41) is 5.89. The number of urea groups is 1. The van der Waals surface area contributed by atoms with Gasteiger partial charge >= 0.3 is 6.03 Å². The van der Waals surface area contributed by atoms with Crippen molar-refractivity contribution in [3.63, 3.8) is 0 Å². The first kappa shape index (κ1) is 16.6. The first-order valence-electron chi connectivity index (χ1n) is 8.62. The minimum absolute atomic E-state index is 0.0851. The number of carbonyl (C=O) groups excluding carboxylic acids is 2. The zero-order chi connectivity index (χ0) is 17.1. The maximum absolute atomic E-state index is 12.6. The Morgan fingerprint density at radius 3 is 2.67 bits per heavy atom. The first-order valence-corrected chi connectivity index (χ1v) is 8.62. The Morgan fingerprint density at radius 2 is 2.04 bits per heavy atom. The van der Waals surface area contributed by atoms with Crippen molar-refractivity contribution in [2.24, 2.45) is 5.92 Å². The number of benzene rings is 1. The van der Waals surface area contributed by atoms with Crippen LogP contribution in [0.25, 0.3) is 0 Å². The van der Waals surface area contributed by atoms with Crippen molar-refractivity contribution in [3.05, 3.63) is 23.8 Å². The van der Waals surface area contributed by atoms with Gasteiger partial charge in [-0.3, -0.25) is 9.69 Å². The van der Waals surface area contributed by atoms with Gasteiger partial charge in [0.25, 0.3) is 5.91 Å². The van der Waals surface area contributed by atoms with E-state index in [9.17, 15) is 9.59 Å². The average Bonchev–Trinajstić information content (AvgIpc) is 3.02. The van der Waals surface area contributed by atoms with E-state index in [-0.39, 0.29) is 18.0 Å². The molecule has 0 aromatic heterocycles. The Hall–Kier alpha value is -2.24. The lowest BCUT2D eigenvalue weighted by Gasteiger charge is -2.27. The fourth-order valence-corrected chi connectivity index (χ4v) is 3.42. The molecule has 1 aromatic carbocycles. The van der Waals surface area contributed by atoms with Crippen LogP contribution in [0.15, 0.2) is 18.2 Å². The van der Waals surface area contributed by atoms with Crippen LogP contribution in [0.1, 0.15) is 43.0 Å². The standard InChI is InChI=1S/C18H25N3O3/c1-12-3-6-14(7-4-12)20-17(22)13-5-8-16(24-2)15(11-13)21-10-9-19-18(21)23/h5,8,11-12,14H,3-4,6-7,9-10H2,1-2H3,(H,19,23)(H,20,22). The predicted octanol–water partition coefficient (Wildman–Crippen LogP) is 2.53. The number of nitrogens with zero attached hydrogens (tertiary/aromatic N) is 1. The highest BCUT2D eigenvalue weighted by Crippen LogP contribution is 2.31. The molecule has 2 N–H and O–H groups in total. The molecule has 0 spiro atoms. The normalized spacial score (nSPS) is 23.8. The fourth-order valence-electron chi connectivity index (χ4n) is 3.42. The predicted molar refractivity (Wildman–Crippen MR) is 92.6 cm³/mol. The Bertz CT molecular complexity index is 624. The van der Waals surface area contributed by atoms with E-state index in [0.717, 1.165) is 31.6 Å². The monoisotopic (exact) mass is 331 g/mol. The van der Waals surface area contributed by atoms with Crippen LogP contribution in [-0.2, 0) is 0 Å². The van der Waals surface area contributed by atoms with Crippen LogP contribution in [-0.4, -0.2) is 38.2 Å². The van der Waals surface area contributed by atoms with E-state index in [1.807, 2.05) is 0 Å². The van der Waals surface area contributed by atoms with Crippen molar-refractivity contribution in [2.45, 2.75) is 38.6 Å². The highest BCUT2D eigenvalue weighted by atomic mass is 16.5. The van der Waals surface area contributed by atoms with Gasteiger partial charge in [0, 0.05) is 24.7 Å². The second kappa shape index (κ2) is 7.11. The molecule has 0 unspecified atom stereocenters. The van der Waals surface area contributed by atoms with Crippen LogP contribution >= 0.6 is 0 Å². The van der Waals surface area contributed by atoms with E-state index < -0.39 is 0 Å². The number of carbonyl (C=O) groups is 2. The molecule has 1 saturated heterocycles. The molecule has 1 aliphatic carbocycles. The van der Waals surface area contributed by atoms with Crippen LogP contribution in [0.3, 0.4) is 0 Å². The third-order valence-electron chi connectivity index (χ3n) is 4.94. The van der Waals surface area contributed by atoms with Gasteiger partial charge in [0.15, 0.2) is 0 Å². The largest absolute Gasteiger partial charge is 0.495 e. The molecular weight excluding hydrogens is 306 g/mol. The van der Waals surface area contributed by atoms with Gasteiger partial charge in [-0.05, 0) is 49.8 Å². The highest BCUT2D eigenvalue weighted by Gasteiger charge is 2.26. The fraction of sp³-hybridized carbons (Fsp3) is 0.556. The van der Waals surface area contributed by atoms with Crippen LogP contribution in [0.4, 0.5) is 10.5 Å². The van der Waals surface area contributed by atoms with Crippen LogP contribution in [0.5, 0.6) is 5.75 Å². The number of hydrogen-bond donors (Lipinski definition) is 2. The van der Waals surface area contributed by atoms with Crippen molar-refractivity contribution in [2.75, 3.05) is 25.1 Å². The molecule has 1 aliphatic heterocycles. The minimum Gasteiger partial charge on any atom is -0.495 e. The summed E-state index contributed by atoms with van der Waals surface area (Å²) in [4.78, 5) is 26.1. The lowest BCUT2D eigenvalue weighted by molar-refractivity contribution is 0.0923. The maximum atomic E-state index is 12.6. The van der Waals surface area contributed by atoms with Gasteiger partial charge in [0.05, 0.1) is 12.8 Å². The quantitative estimate of drug-likeness (QED) is 0.891. The second-order valence-corrected chi connectivity index (χ2v) is 6.70. The number of anilines is 1. The summed E-state index contributed by atoms with van der Waals surface area (Å²) in [6.07, 6.45) is 4.38. The van der Waals surface area contributed by atoms with E-state index in [4.69, 9.17) is 4.74 Å². The molecule has 0 bridgehead atoms. The van der Waals surface area contributed by atoms with E-state index in [1.54, 1.807) is 30.2 Å². The molecule has 2 aliphatic rings. The molecule has 24 heavy (non-hydrogen) atoms. The van der Waals surface area contributed by atoms with Gasteiger partial charge in [-0.1, -0.05) is 6.92 Å². The topological polar surface area (TPSA) is 70.7 Å². The zero-order valence-corrected chi connectivity index (χ0v) is 14.3. The van der Waals surface area contributed by atoms with Crippen molar-refractivity contribution >= 4 is 17.6 Å². The lowest BCUT2D eigenvalue weighted by atomic mass is 9.87. The second-order valence-electron chi connectivity index (χ2n) is 6.70. The van der Waals surface area contributed by atoms with E-state index in [0.29, 0.717) is 30.1 Å². The number of methoxy groups -OCH3 is 1. The molecule has 1 aromatic rings. The van der Waals surface area contributed by atoms with Crippen LogP contribution < -0.4 is 20.3 Å².